The molecule has 0 radical (unpaired) electrons. The zero-order valence-corrected chi connectivity index (χ0v) is 10.1. The molecule has 1 aromatic heterocycles. The number of ether oxygens (including phenoxy) is 2. The summed E-state index contributed by atoms with van der Waals surface area (Å²) in [6.45, 7) is 0.0671. The number of rotatable bonds is 4. The number of aliphatic hydroxyl groups is 1. The number of aliphatic hydroxyl groups excluding tert-OH is 1. The molecule has 0 bridgehead atoms. The van der Waals surface area contributed by atoms with Gasteiger partial charge in [-0.3, -0.25) is 0 Å². The summed E-state index contributed by atoms with van der Waals surface area (Å²) in [4.78, 5) is 0. The minimum Gasteiger partial charge on any atom is -0.455 e. The van der Waals surface area contributed by atoms with Crippen LogP contribution in [0.5, 0.6) is 0 Å². The van der Waals surface area contributed by atoms with Crippen molar-refractivity contribution in [1.82, 2.24) is 5.16 Å². The molecule has 1 aromatic carbocycles. The van der Waals surface area contributed by atoms with E-state index in [4.69, 9.17) is 19.1 Å². The molecule has 6 nitrogen and oxygen atoms in total. The fourth-order valence-corrected chi connectivity index (χ4v) is 1.89. The van der Waals surface area contributed by atoms with Crippen molar-refractivity contribution in [3.05, 3.63) is 35.8 Å². The fourth-order valence-electron chi connectivity index (χ4n) is 1.89. The number of nitrogens with one attached hydrogen (secondary N) is 1. The van der Waals surface area contributed by atoms with Crippen molar-refractivity contribution < 1.29 is 27.9 Å². The van der Waals surface area contributed by atoms with Gasteiger partial charge in [-0.25, -0.2) is 4.39 Å². The van der Waals surface area contributed by atoms with E-state index in [1.54, 1.807) is 0 Å². The summed E-state index contributed by atoms with van der Waals surface area (Å²) in [5, 5.41) is 15.3. The third kappa shape index (κ3) is 1.94. The average molecular weight is 284 g/mol. The summed E-state index contributed by atoms with van der Waals surface area (Å²) >= 11 is 0. The molecule has 0 aliphatic carbocycles. The van der Waals surface area contributed by atoms with Crippen LogP contribution in [-0.4, -0.2) is 23.4 Å². The number of anilines is 1. The van der Waals surface area contributed by atoms with Crippen molar-refractivity contribution >= 4 is 16.8 Å². The van der Waals surface area contributed by atoms with Crippen LogP contribution in [0.15, 0.2) is 23.1 Å². The van der Waals surface area contributed by atoms with Gasteiger partial charge in [-0.2, -0.15) is 4.39 Å². The molecule has 2 N–H and O–H groups in total. The first-order chi connectivity index (χ1) is 9.72. The largest absolute Gasteiger partial charge is 0.455 e. The number of fused-ring (bicyclic) bond motifs is 1. The molecule has 106 valence electrons. The topological polar surface area (TPSA) is 76.8 Å². The predicted octanol–water partition coefficient (Wildman–Crippen LogP) is 2.03. The van der Waals surface area contributed by atoms with Gasteiger partial charge in [0, 0.05) is 6.54 Å². The van der Waals surface area contributed by atoms with Crippen LogP contribution >= 0.6 is 0 Å². The molecule has 0 unspecified atom stereocenters. The second-order valence-corrected chi connectivity index (χ2v) is 4.03. The van der Waals surface area contributed by atoms with Crippen LogP contribution in [0.1, 0.15) is 11.9 Å². The quantitative estimate of drug-likeness (QED) is 0.894. The van der Waals surface area contributed by atoms with Crippen LogP contribution in [0.3, 0.4) is 0 Å². The highest BCUT2D eigenvalue weighted by atomic mass is 19.2. The van der Waals surface area contributed by atoms with E-state index < -0.39 is 17.9 Å². The normalized spacial score (nSPS) is 14.6. The van der Waals surface area contributed by atoms with Crippen LogP contribution in [0.2, 0.25) is 0 Å². The molecule has 2 aromatic rings. The summed E-state index contributed by atoms with van der Waals surface area (Å²) in [7, 11) is 0. The highest BCUT2D eigenvalue weighted by Gasteiger charge is 2.27. The van der Waals surface area contributed by atoms with E-state index in [0.29, 0.717) is 0 Å². The molecule has 3 rings (SSSR count). The molecule has 0 fully saturated rings. The lowest BCUT2D eigenvalue weighted by Crippen LogP contribution is -2.07. The van der Waals surface area contributed by atoms with E-state index in [-0.39, 0.29) is 35.5 Å². The summed E-state index contributed by atoms with van der Waals surface area (Å²) in [6, 6.07) is 1.33. The summed E-state index contributed by atoms with van der Waals surface area (Å²) in [5.41, 5.74) is -0.409. The second-order valence-electron chi connectivity index (χ2n) is 4.03. The van der Waals surface area contributed by atoms with Crippen LogP contribution in [-0.2, 0) is 9.47 Å². The zero-order chi connectivity index (χ0) is 14.1. The number of benzene rings is 1. The Labute approximate surface area is 111 Å². The van der Waals surface area contributed by atoms with Crippen LogP contribution in [0.4, 0.5) is 14.6 Å². The highest BCUT2D eigenvalue weighted by molar-refractivity contribution is 5.89. The minimum absolute atomic E-state index is 0.102. The van der Waals surface area contributed by atoms with Gasteiger partial charge in [0.05, 0.1) is 17.6 Å². The van der Waals surface area contributed by atoms with Gasteiger partial charge < -0.3 is 24.4 Å². The maximum absolute atomic E-state index is 13.9. The van der Waals surface area contributed by atoms with Crippen LogP contribution < -0.4 is 5.32 Å². The fraction of sp³-hybridized carbons (Fsp3) is 0.250. The zero-order valence-electron chi connectivity index (χ0n) is 10.1. The standard InChI is InChI=1S/C12H10F2N2O4/c13-8-6(12-18-3-4-19-12)5-7-10(9(8)14)20-16-11(7)15-1-2-17/h3-5,12,17H,1-2H2,(H,15,16). The van der Waals surface area contributed by atoms with Crippen LogP contribution in [0.25, 0.3) is 11.0 Å². The Morgan fingerprint density at radius 3 is 2.70 bits per heavy atom. The highest BCUT2D eigenvalue weighted by Crippen LogP contribution is 2.34. The molecular formula is C12H10F2N2O4. The maximum atomic E-state index is 13.9. The molecule has 0 atom stereocenters. The molecule has 20 heavy (non-hydrogen) atoms. The first-order valence-electron chi connectivity index (χ1n) is 5.80. The molecule has 8 heteroatoms. The van der Waals surface area contributed by atoms with Crippen molar-refractivity contribution in [3.63, 3.8) is 0 Å². The van der Waals surface area contributed by atoms with Gasteiger partial charge in [-0.1, -0.05) is 5.16 Å². The lowest BCUT2D eigenvalue weighted by Gasteiger charge is -2.12. The third-order valence-corrected chi connectivity index (χ3v) is 2.79. The third-order valence-electron chi connectivity index (χ3n) is 2.79. The van der Waals surface area contributed by atoms with E-state index in [0.717, 1.165) is 0 Å². The number of halogens is 2. The van der Waals surface area contributed by atoms with Crippen molar-refractivity contribution in [1.29, 1.82) is 0 Å². The molecule has 0 spiro atoms. The van der Waals surface area contributed by atoms with Gasteiger partial charge in [0.15, 0.2) is 11.6 Å². The molecule has 1 aliphatic rings. The van der Waals surface area contributed by atoms with E-state index in [1.807, 2.05) is 0 Å². The SMILES string of the molecule is OCCNc1noc2c(F)c(F)c(C3OC=CO3)cc12. The maximum Gasteiger partial charge on any atom is 0.269 e. The van der Waals surface area contributed by atoms with Crippen molar-refractivity contribution in [2.24, 2.45) is 0 Å². The Bertz CT molecular complexity index is 663. The number of aromatic nitrogens is 1. The smallest absolute Gasteiger partial charge is 0.269 e. The van der Waals surface area contributed by atoms with Crippen molar-refractivity contribution in [2.45, 2.75) is 6.29 Å². The number of hydrogen-bond acceptors (Lipinski definition) is 6. The molecule has 1 aliphatic heterocycles. The molecular weight excluding hydrogens is 274 g/mol. The van der Waals surface area contributed by atoms with Gasteiger partial charge >= 0.3 is 0 Å². The van der Waals surface area contributed by atoms with E-state index in [1.165, 1.54) is 18.6 Å². The van der Waals surface area contributed by atoms with E-state index in [9.17, 15) is 8.78 Å². The lowest BCUT2D eigenvalue weighted by molar-refractivity contribution is -0.0274. The minimum atomic E-state index is -1.17. The molecule has 2 heterocycles. The second kappa shape index (κ2) is 4.97. The van der Waals surface area contributed by atoms with Gasteiger partial charge in [0.25, 0.3) is 6.29 Å². The number of hydrogen-bond donors (Lipinski definition) is 2. The Morgan fingerprint density at radius 1 is 1.25 bits per heavy atom. The summed E-state index contributed by atoms with van der Waals surface area (Å²) < 4.78 is 42.6. The van der Waals surface area contributed by atoms with Crippen LogP contribution in [0, 0.1) is 11.6 Å². The van der Waals surface area contributed by atoms with Gasteiger partial charge in [0.2, 0.25) is 11.4 Å². The van der Waals surface area contributed by atoms with Gasteiger partial charge in [-0.05, 0) is 6.07 Å². The van der Waals surface area contributed by atoms with Gasteiger partial charge in [0.1, 0.15) is 12.5 Å². The molecule has 0 saturated carbocycles. The summed E-state index contributed by atoms with van der Waals surface area (Å²) in [6.07, 6.45) is 1.43. The van der Waals surface area contributed by atoms with Gasteiger partial charge in [-0.15, -0.1) is 0 Å². The predicted molar refractivity (Wildman–Crippen MR) is 63.6 cm³/mol. The molecule has 0 amide bonds. The first kappa shape index (κ1) is 12.7. The average Bonchev–Trinajstić information content (AvgIpc) is 3.09. The van der Waals surface area contributed by atoms with E-state index in [2.05, 4.69) is 10.5 Å². The Hall–Kier alpha value is -2.35. The first-order valence-corrected chi connectivity index (χ1v) is 5.80. The van der Waals surface area contributed by atoms with E-state index >= 15 is 0 Å². The van der Waals surface area contributed by atoms with Crippen molar-refractivity contribution in [2.75, 3.05) is 18.5 Å². The Balaban J connectivity index is 2.08. The monoisotopic (exact) mass is 284 g/mol. The Kier molecular flexibility index (Phi) is 3.15. The number of nitrogens with zero attached hydrogens (tertiary/aromatic N) is 1. The summed E-state index contributed by atoms with van der Waals surface area (Å²) in [5.74, 6) is -2.07. The molecule has 0 saturated heterocycles. The Morgan fingerprint density at radius 2 is 2.00 bits per heavy atom. The lowest BCUT2D eigenvalue weighted by atomic mass is 10.1. The van der Waals surface area contributed by atoms with Crippen molar-refractivity contribution in [3.8, 4) is 0 Å².